The zero-order valence-corrected chi connectivity index (χ0v) is 11.4. The van der Waals surface area contributed by atoms with Crippen LogP contribution >= 0.6 is 0 Å². The number of halogens is 2. The highest BCUT2D eigenvalue weighted by Crippen LogP contribution is 2.38. The van der Waals surface area contributed by atoms with Gasteiger partial charge in [-0.25, -0.2) is 4.79 Å². The number of aliphatic hydroxyl groups is 1. The molecule has 5 heteroatoms. The number of carboxylic acids is 1. The minimum absolute atomic E-state index is 0.132. The summed E-state index contributed by atoms with van der Waals surface area (Å²) in [6.45, 7) is 6.69. The van der Waals surface area contributed by atoms with E-state index in [4.69, 9.17) is 5.11 Å². The normalized spacial score (nSPS) is 15.9. The van der Waals surface area contributed by atoms with Crippen LogP contribution in [0.15, 0.2) is 24.3 Å². The summed E-state index contributed by atoms with van der Waals surface area (Å²) < 4.78 is 27.0. The summed E-state index contributed by atoms with van der Waals surface area (Å²) >= 11 is 0. The molecule has 0 spiro atoms. The first kappa shape index (κ1) is 15.6. The van der Waals surface area contributed by atoms with Gasteiger partial charge in [0.1, 0.15) is 0 Å². The molecule has 0 aliphatic carbocycles. The summed E-state index contributed by atoms with van der Waals surface area (Å²) in [5.41, 5.74) is -2.13. The molecule has 0 heterocycles. The van der Waals surface area contributed by atoms with E-state index in [9.17, 15) is 18.7 Å². The third-order valence-corrected chi connectivity index (χ3v) is 3.19. The molecule has 0 bridgehead atoms. The van der Waals surface area contributed by atoms with Crippen LogP contribution in [0.4, 0.5) is 8.78 Å². The molecular weight excluding hydrogens is 254 g/mol. The van der Waals surface area contributed by atoms with Gasteiger partial charge in [0.25, 0.3) is 0 Å². The van der Waals surface area contributed by atoms with Crippen LogP contribution < -0.4 is 0 Å². The minimum atomic E-state index is -4.25. The molecule has 3 nitrogen and oxygen atoms in total. The summed E-state index contributed by atoms with van der Waals surface area (Å²) in [4.78, 5) is 10.6. The third kappa shape index (κ3) is 2.76. The van der Waals surface area contributed by atoms with Gasteiger partial charge in [0.15, 0.2) is 5.60 Å². The van der Waals surface area contributed by atoms with Gasteiger partial charge in [0, 0.05) is 0 Å². The third-order valence-electron chi connectivity index (χ3n) is 3.19. The van der Waals surface area contributed by atoms with Crippen molar-refractivity contribution >= 4 is 5.97 Å². The molecule has 1 unspecified atom stereocenters. The molecule has 0 radical (unpaired) electrons. The molecule has 0 aliphatic heterocycles. The number of carboxylic acid groups (broad SMARTS) is 1. The van der Waals surface area contributed by atoms with Gasteiger partial charge in [-0.1, -0.05) is 45.0 Å². The second-order valence-corrected chi connectivity index (χ2v) is 5.78. The predicted octanol–water partition coefficient (Wildman–Crippen LogP) is 2.91. The Labute approximate surface area is 110 Å². The molecule has 106 valence electrons. The molecule has 1 aromatic carbocycles. The van der Waals surface area contributed by atoms with E-state index in [1.165, 1.54) is 12.1 Å². The van der Waals surface area contributed by atoms with Crippen molar-refractivity contribution in [2.24, 2.45) is 0 Å². The number of hydrogen-bond donors (Lipinski definition) is 2. The van der Waals surface area contributed by atoms with Crippen molar-refractivity contribution in [2.45, 2.75) is 44.6 Å². The van der Waals surface area contributed by atoms with Gasteiger partial charge in [-0.15, -0.1) is 0 Å². The number of alkyl halides is 2. The van der Waals surface area contributed by atoms with E-state index in [0.29, 0.717) is 0 Å². The lowest BCUT2D eigenvalue weighted by atomic mass is 9.83. The van der Waals surface area contributed by atoms with Crippen molar-refractivity contribution in [3.8, 4) is 0 Å². The van der Waals surface area contributed by atoms with Gasteiger partial charge in [-0.3, -0.25) is 0 Å². The van der Waals surface area contributed by atoms with Crippen molar-refractivity contribution in [1.29, 1.82) is 0 Å². The van der Waals surface area contributed by atoms with E-state index in [2.05, 4.69) is 0 Å². The van der Waals surface area contributed by atoms with Crippen LogP contribution in [0, 0.1) is 0 Å². The Morgan fingerprint density at radius 3 is 1.68 bits per heavy atom. The lowest BCUT2D eigenvalue weighted by Gasteiger charge is -2.30. The van der Waals surface area contributed by atoms with Crippen molar-refractivity contribution in [3.63, 3.8) is 0 Å². The van der Waals surface area contributed by atoms with Crippen LogP contribution in [-0.4, -0.2) is 22.1 Å². The van der Waals surface area contributed by atoms with Crippen molar-refractivity contribution in [2.75, 3.05) is 0 Å². The Hall–Kier alpha value is -1.49. The maximum atomic E-state index is 13.5. The SMILES string of the molecule is CC(C)(C)c1ccc(C(C)(O)C(F)(F)C(=O)O)cc1. The first-order chi connectivity index (χ1) is 8.40. The number of hydrogen-bond acceptors (Lipinski definition) is 2. The Kier molecular flexibility index (Phi) is 3.74. The molecule has 19 heavy (non-hydrogen) atoms. The largest absolute Gasteiger partial charge is 0.477 e. The predicted molar refractivity (Wildman–Crippen MR) is 67.3 cm³/mol. The lowest BCUT2D eigenvalue weighted by molar-refractivity contribution is -0.207. The van der Waals surface area contributed by atoms with E-state index in [1.807, 2.05) is 20.8 Å². The number of benzene rings is 1. The second kappa shape index (κ2) is 4.56. The van der Waals surface area contributed by atoms with Gasteiger partial charge < -0.3 is 10.2 Å². The van der Waals surface area contributed by atoms with E-state index in [1.54, 1.807) is 12.1 Å². The Balaban J connectivity index is 3.21. The molecule has 0 aliphatic rings. The smallest absolute Gasteiger partial charge is 0.378 e. The fourth-order valence-electron chi connectivity index (χ4n) is 1.68. The van der Waals surface area contributed by atoms with Crippen LogP contribution in [0.25, 0.3) is 0 Å². The topological polar surface area (TPSA) is 57.5 Å². The molecule has 0 amide bonds. The van der Waals surface area contributed by atoms with Crippen molar-refractivity contribution < 1.29 is 23.8 Å². The standard InChI is InChI=1S/C14H18F2O3/c1-12(2,3)9-5-7-10(8-6-9)13(4,19)14(15,16)11(17)18/h5-8,19H,1-4H3,(H,17,18). The molecule has 0 saturated carbocycles. The summed E-state index contributed by atoms with van der Waals surface area (Å²) in [7, 11) is 0. The van der Waals surface area contributed by atoms with Gasteiger partial charge in [0.05, 0.1) is 0 Å². The van der Waals surface area contributed by atoms with Crippen LogP contribution in [0.2, 0.25) is 0 Å². The molecule has 1 rings (SSSR count). The Morgan fingerprint density at radius 1 is 1.00 bits per heavy atom. The molecule has 1 aromatic rings. The number of rotatable bonds is 3. The molecule has 0 aromatic heterocycles. The van der Waals surface area contributed by atoms with Crippen LogP contribution in [0.5, 0.6) is 0 Å². The monoisotopic (exact) mass is 272 g/mol. The highest BCUT2D eigenvalue weighted by Gasteiger charge is 2.56. The Morgan fingerprint density at radius 2 is 1.37 bits per heavy atom. The lowest BCUT2D eigenvalue weighted by Crippen LogP contribution is -2.48. The molecule has 0 fully saturated rings. The average Bonchev–Trinajstić information content (AvgIpc) is 2.27. The highest BCUT2D eigenvalue weighted by atomic mass is 19.3. The first-order valence-corrected chi connectivity index (χ1v) is 5.85. The quantitative estimate of drug-likeness (QED) is 0.889. The Bertz CT molecular complexity index is 470. The first-order valence-electron chi connectivity index (χ1n) is 5.85. The summed E-state index contributed by atoms with van der Waals surface area (Å²) in [6, 6.07) is 5.89. The van der Waals surface area contributed by atoms with E-state index < -0.39 is 17.5 Å². The van der Waals surface area contributed by atoms with E-state index in [0.717, 1.165) is 12.5 Å². The summed E-state index contributed by atoms with van der Waals surface area (Å²) in [5, 5.41) is 18.4. The van der Waals surface area contributed by atoms with Crippen molar-refractivity contribution in [3.05, 3.63) is 35.4 Å². The fraction of sp³-hybridized carbons (Fsp3) is 0.500. The van der Waals surface area contributed by atoms with Gasteiger partial charge in [-0.05, 0) is 23.5 Å². The molecule has 2 N–H and O–H groups in total. The maximum Gasteiger partial charge on any atom is 0.378 e. The average molecular weight is 272 g/mol. The molecule has 0 saturated heterocycles. The van der Waals surface area contributed by atoms with Crippen LogP contribution in [-0.2, 0) is 15.8 Å². The minimum Gasteiger partial charge on any atom is -0.477 e. The zero-order chi connectivity index (χ0) is 15.1. The van der Waals surface area contributed by atoms with Crippen molar-refractivity contribution in [1.82, 2.24) is 0 Å². The number of aliphatic carboxylic acids is 1. The summed E-state index contributed by atoms with van der Waals surface area (Å²) in [5.74, 6) is -6.60. The van der Waals surface area contributed by atoms with Gasteiger partial charge in [-0.2, -0.15) is 8.78 Å². The molecular formula is C14H18F2O3. The van der Waals surface area contributed by atoms with Crippen LogP contribution in [0.3, 0.4) is 0 Å². The zero-order valence-electron chi connectivity index (χ0n) is 11.4. The second-order valence-electron chi connectivity index (χ2n) is 5.78. The van der Waals surface area contributed by atoms with E-state index >= 15 is 0 Å². The highest BCUT2D eigenvalue weighted by molar-refractivity contribution is 5.77. The van der Waals surface area contributed by atoms with Gasteiger partial charge in [0.2, 0.25) is 0 Å². The maximum absolute atomic E-state index is 13.5. The van der Waals surface area contributed by atoms with Gasteiger partial charge >= 0.3 is 11.9 Å². The van der Waals surface area contributed by atoms with E-state index in [-0.39, 0.29) is 11.0 Å². The fourth-order valence-corrected chi connectivity index (χ4v) is 1.68. The number of carbonyl (C=O) groups is 1. The van der Waals surface area contributed by atoms with Crippen LogP contribution in [0.1, 0.15) is 38.8 Å². The molecule has 1 atom stereocenters. The summed E-state index contributed by atoms with van der Waals surface area (Å²) in [6.07, 6.45) is 0.